The number of epoxide rings is 1. The molecule has 0 radical (unpaired) electrons. The van der Waals surface area contributed by atoms with Gasteiger partial charge in [0.25, 0.3) is 0 Å². The Morgan fingerprint density at radius 3 is 2.33 bits per heavy atom. The number of hydrogen-bond donors (Lipinski definition) is 0. The van der Waals surface area contributed by atoms with Gasteiger partial charge >= 0.3 is 0 Å². The van der Waals surface area contributed by atoms with Crippen molar-refractivity contribution >= 4 is 24.2 Å². The van der Waals surface area contributed by atoms with Gasteiger partial charge in [-0.2, -0.15) is 0 Å². The molecule has 3 atom stereocenters. The summed E-state index contributed by atoms with van der Waals surface area (Å²) in [6.07, 6.45) is -0.654. The highest BCUT2D eigenvalue weighted by Gasteiger charge is 2.51. The molecule has 0 saturated carbocycles. The van der Waals surface area contributed by atoms with Crippen LogP contribution in [-0.2, 0) is 9.16 Å². The molecule has 3 rings (SSSR count). The molecule has 2 aromatic carbocycles. The largest absolute Gasteiger partial charge is 0.407 e. The van der Waals surface area contributed by atoms with E-state index in [1.807, 2.05) is 0 Å². The molecule has 1 aliphatic heterocycles. The van der Waals surface area contributed by atoms with E-state index in [2.05, 4.69) is 81.0 Å². The number of hydrogen-bond acceptors (Lipinski definition) is 2. The first-order chi connectivity index (χ1) is 12.5. The Morgan fingerprint density at radius 2 is 1.74 bits per heavy atom. The second kappa shape index (κ2) is 7.43. The number of ether oxygens (including phenoxy) is 1. The summed E-state index contributed by atoms with van der Waals surface area (Å²) in [5.41, 5.74) is 2.88. The highest BCUT2D eigenvalue weighted by Crippen LogP contribution is 2.51. The minimum atomic E-state index is -2.03. The fourth-order valence-electron chi connectivity index (χ4n) is 2.91. The van der Waals surface area contributed by atoms with E-state index in [9.17, 15) is 4.39 Å². The van der Waals surface area contributed by atoms with Crippen LogP contribution in [0.1, 0.15) is 49.7 Å². The SMILES string of the molecule is Cc1ccc([C@@H](O[Si](C)(C)C(C)(C)C)[C@H]2O[C@@H]2c2cc(Br)ccc2F)cc1. The predicted molar refractivity (Wildman–Crippen MR) is 114 cm³/mol. The smallest absolute Gasteiger partial charge is 0.193 e. The van der Waals surface area contributed by atoms with Crippen LogP contribution in [0.4, 0.5) is 4.39 Å². The Morgan fingerprint density at radius 1 is 1.11 bits per heavy atom. The van der Waals surface area contributed by atoms with E-state index >= 15 is 0 Å². The predicted octanol–water partition coefficient (Wildman–Crippen LogP) is 7.10. The summed E-state index contributed by atoms with van der Waals surface area (Å²) in [5, 5.41) is 0.0847. The number of aryl methyl sites for hydroxylation is 1. The van der Waals surface area contributed by atoms with Crippen molar-refractivity contribution in [1.82, 2.24) is 0 Å². The molecule has 2 nitrogen and oxygen atoms in total. The minimum absolute atomic E-state index is 0.0847. The van der Waals surface area contributed by atoms with E-state index in [-0.39, 0.29) is 29.2 Å². The Kier molecular flexibility index (Phi) is 5.70. The number of benzene rings is 2. The molecule has 146 valence electrons. The van der Waals surface area contributed by atoms with Crippen LogP contribution in [-0.4, -0.2) is 14.4 Å². The van der Waals surface area contributed by atoms with Gasteiger partial charge in [-0.3, -0.25) is 0 Å². The molecule has 27 heavy (non-hydrogen) atoms. The maximum absolute atomic E-state index is 14.3. The fraction of sp³-hybridized carbons (Fsp3) is 0.455. The van der Waals surface area contributed by atoms with E-state index in [4.69, 9.17) is 9.16 Å². The quantitative estimate of drug-likeness (QED) is 0.357. The normalized spacial score (nSPS) is 21.2. The van der Waals surface area contributed by atoms with E-state index in [1.165, 1.54) is 11.6 Å². The zero-order valence-corrected chi connectivity index (χ0v) is 19.4. The average Bonchev–Trinajstić information content (AvgIpc) is 3.35. The van der Waals surface area contributed by atoms with Crippen LogP contribution in [0.25, 0.3) is 0 Å². The second-order valence-corrected chi connectivity index (χ2v) is 14.6. The molecule has 0 aromatic heterocycles. The van der Waals surface area contributed by atoms with Crippen LogP contribution < -0.4 is 0 Å². The van der Waals surface area contributed by atoms with Gasteiger partial charge in [-0.1, -0.05) is 66.5 Å². The van der Waals surface area contributed by atoms with Gasteiger partial charge in [0.05, 0.1) is 6.10 Å². The lowest BCUT2D eigenvalue weighted by Crippen LogP contribution is -2.42. The van der Waals surface area contributed by atoms with Gasteiger partial charge in [0.15, 0.2) is 8.32 Å². The van der Waals surface area contributed by atoms with Gasteiger partial charge in [0, 0.05) is 10.0 Å². The monoisotopic (exact) mass is 450 g/mol. The van der Waals surface area contributed by atoms with Gasteiger partial charge in [-0.25, -0.2) is 4.39 Å². The van der Waals surface area contributed by atoms with Crippen LogP contribution in [0.2, 0.25) is 18.1 Å². The van der Waals surface area contributed by atoms with Crippen molar-refractivity contribution in [2.45, 2.75) is 64.1 Å². The van der Waals surface area contributed by atoms with Gasteiger partial charge in [-0.05, 0) is 48.8 Å². The summed E-state index contributed by atoms with van der Waals surface area (Å²) in [6.45, 7) is 13.2. The fourth-order valence-corrected chi connectivity index (χ4v) is 4.55. The highest BCUT2D eigenvalue weighted by atomic mass is 79.9. The highest BCUT2D eigenvalue weighted by molar-refractivity contribution is 9.10. The van der Waals surface area contributed by atoms with E-state index in [1.54, 1.807) is 12.1 Å². The average molecular weight is 451 g/mol. The molecule has 0 N–H and O–H groups in total. The summed E-state index contributed by atoms with van der Waals surface area (Å²) >= 11 is 3.43. The van der Waals surface area contributed by atoms with Crippen molar-refractivity contribution in [3.05, 3.63) is 69.4 Å². The molecule has 1 heterocycles. The molecule has 0 bridgehead atoms. The lowest BCUT2D eigenvalue weighted by molar-refractivity contribution is 0.144. The van der Waals surface area contributed by atoms with Crippen molar-refractivity contribution < 1.29 is 13.6 Å². The Hall–Kier alpha value is -1.01. The van der Waals surface area contributed by atoms with Gasteiger partial charge in [-0.15, -0.1) is 0 Å². The topological polar surface area (TPSA) is 21.8 Å². The molecule has 1 fully saturated rings. The van der Waals surface area contributed by atoms with Crippen LogP contribution in [0.15, 0.2) is 46.9 Å². The zero-order valence-electron chi connectivity index (χ0n) is 16.8. The van der Waals surface area contributed by atoms with E-state index in [0.29, 0.717) is 5.56 Å². The summed E-state index contributed by atoms with van der Waals surface area (Å²) in [5.74, 6) is -0.235. The third-order valence-corrected chi connectivity index (χ3v) is 10.7. The van der Waals surface area contributed by atoms with Crippen LogP contribution in [0, 0.1) is 12.7 Å². The Labute approximate surface area is 171 Å². The van der Waals surface area contributed by atoms with Crippen LogP contribution in [0.5, 0.6) is 0 Å². The molecule has 1 aliphatic rings. The molecule has 5 heteroatoms. The molecular formula is C22H28BrFO2Si. The molecule has 0 aliphatic carbocycles. The van der Waals surface area contributed by atoms with E-state index < -0.39 is 8.32 Å². The first kappa shape index (κ1) is 20.7. The van der Waals surface area contributed by atoms with Crippen LogP contribution in [0.3, 0.4) is 0 Å². The van der Waals surface area contributed by atoms with Crippen molar-refractivity contribution in [1.29, 1.82) is 0 Å². The van der Waals surface area contributed by atoms with Crippen LogP contribution >= 0.6 is 15.9 Å². The lowest BCUT2D eigenvalue weighted by atomic mass is 10.0. The van der Waals surface area contributed by atoms with Gasteiger partial charge < -0.3 is 9.16 Å². The van der Waals surface area contributed by atoms with Gasteiger partial charge in [0.2, 0.25) is 0 Å². The first-order valence-corrected chi connectivity index (χ1v) is 13.0. The molecule has 0 amide bonds. The third kappa shape index (κ3) is 4.53. The summed E-state index contributed by atoms with van der Waals surface area (Å²) in [6, 6.07) is 13.4. The summed E-state index contributed by atoms with van der Waals surface area (Å²) in [7, 11) is -2.03. The molecular weight excluding hydrogens is 423 g/mol. The zero-order chi connectivity index (χ0) is 20.0. The van der Waals surface area contributed by atoms with Gasteiger partial charge in [0.1, 0.15) is 18.0 Å². The van der Waals surface area contributed by atoms with Crippen molar-refractivity contribution in [2.24, 2.45) is 0 Å². The number of rotatable bonds is 5. The summed E-state index contributed by atoms with van der Waals surface area (Å²) in [4.78, 5) is 0. The lowest BCUT2D eigenvalue weighted by Gasteiger charge is -2.39. The van der Waals surface area contributed by atoms with Crippen molar-refractivity contribution in [2.75, 3.05) is 0 Å². The van der Waals surface area contributed by atoms with Crippen molar-refractivity contribution in [3.8, 4) is 0 Å². The van der Waals surface area contributed by atoms with Crippen molar-refractivity contribution in [3.63, 3.8) is 0 Å². The molecule has 1 saturated heterocycles. The Balaban J connectivity index is 1.92. The van der Waals surface area contributed by atoms with E-state index in [0.717, 1.165) is 10.0 Å². The minimum Gasteiger partial charge on any atom is -0.407 e. The summed E-state index contributed by atoms with van der Waals surface area (Å²) < 4.78 is 27.9. The first-order valence-electron chi connectivity index (χ1n) is 9.34. The molecule has 0 unspecified atom stereocenters. The Bertz CT molecular complexity index is 814. The second-order valence-electron chi connectivity index (χ2n) is 8.90. The third-order valence-electron chi connectivity index (χ3n) is 5.72. The maximum atomic E-state index is 14.3. The molecule has 2 aromatic rings. The molecule has 0 spiro atoms. The standard InChI is InChI=1S/C22H28BrFO2Si/c1-14-7-9-15(10-8-14)19(26-27(5,6)22(2,3)4)21-20(25-21)17-13-16(23)11-12-18(17)24/h7-13,19-21H,1-6H3/t19-,20-,21-/m1/s1. The number of halogens is 2. The maximum Gasteiger partial charge on any atom is 0.193 e.